The number of hydrogen-bond donors (Lipinski definition) is 0. The highest BCUT2D eigenvalue weighted by Gasteiger charge is 2.40. The van der Waals surface area contributed by atoms with Crippen molar-refractivity contribution >= 4 is 38.8 Å². The number of halogens is 12. The van der Waals surface area contributed by atoms with Crippen molar-refractivity contribution in [2.24, 2.45) is 0 Å². The van der Waals surface area contributed by atoms with Crippen LogP contribution < -0.4 is 10.9 Å². The maximum absolute atomic E-state index is 13.7. The summed E-state index contributed by atoms with van der Waals surface area (Å²) in [6, 6.07) is 0. The van der Waals surface area contributed by atoms with Gasteiger partial charge in [-0.1, -0.05) is 10.9 Å². The first-order chi connectivity index (χ1) is 11.4. The Bertz CT molecular complexity index is 769. The Morgan fingerprint density at radius 3 is 0.720 bits per heavy atom. The Morgan fingerprint density at radius 1 is 0.360 bits per heavy atom. The first kappa shape index (κ1) is 19.7. The summed E-state index contributed by atoms with van der Waals surface area (Å²) in [7, 11) is 0. The molecule has 0 aliphatic heterocycles. The second kappa shape index (κ2) is 6.28. The third kappa shape index (κ3) is 2.73. The second-order valence-corrected chi connectivity index (χ2v) is 6.16. The van der Waals surface area contributed by atoms with Crippen LogP contribution in [0, 0.1) is 58.2 Å². The highest BCUT2D eigenvalue weighted by Crippen LogP contribution is 2.28. The molecule has 25 heavy (non-hydrogen) atoms. The van der Waals surface area contributed by atoms with E-state index in [0.717, 1.165) is 0 Å². The van der Waals surface area contributed by atoms with Gasteiger partial charge < -0.3 is 22.9 Å². The van der Waals surface area contributed by atoms with Crippen LogP contribution in [0.15, 0.2) is 0 Å². The first-order valence-corrected chi connectivity index (χ1v) is 6.78. The molecule has 0 N–H and O–H groups in total. The molecule has 13 heteroatoms. The van der Waals surface area contributed by atoms with Gasteiger partial charge in [-0.2, -0.15) is 0 Å². The molecule has 0 unspecified atom stereocenters. The largest absolute Gasteiger partial charge is 0.356 e. The summed E-state index contributed by atoms with van der Waals surface area (Å²) in [5.74, 6) is -26.4. The Hall–Kier alpha value is -1.62. The van der Waals surface area contributed by atoms with Crippen LogP contribution in [0.5, 0.6) is 0 Å². The van der Waals surface area contributed by atoms with Crippen LogP contribution >= 0.6 is 22.9 Å². The van der Waals surface area contributed by atoms with E-state index >= 15 is 0 Å². The van der Waals surface area contributed by atoms with E-state index in [2.05, 4.69) is 0 Å². The maximum atomic E-state index is 13.7. The molecule has 0 fully saturated rings. The zero-order chi connectivity index (χ0) is 19.4. The third-order valence-electron chi connectivity index (χ3n) is 3.21. The van der Waals surface area contributed by atoms with Crippen molar-refractivity contribution in [3.8, 4) is 0 Å². The molecule has 136 valence electrons. The van der Waals surface area contributed by atoms with Gasteiger partial charge in [0.1, 0.15) is 23.3 Å². The van der Waals surface area contributed by atoms with E-state index in [0.29, 0.717) is 0 Å². The predicted octanol–water partition coefficient (Wildman–Crippen LogP) is 4.11. The summed E-state index contributed by atoms with van der Waals surface area (Å²) in [4.78, 5) is -4.66. The average molecular weight is 416 g/mol. The van der Waals surface area contributed by atoms with Gasteiger partial charge in [-0.3, -0.25) is 0 Å². The van der Waals surface area contributed by atoms with Crippen molar-refractivity contribution in [2.75, 3.05) is 0 Å². The quantitative estimate of drug-likeness (QED) is 0.300. The maximum Gasteiger partial charge on any atom is 0.228 e. The van der Waals surface area contributed by atoms with Gasteiger partial charge in [0.25, 0.3) is 0 Å². The van der Waals surface area contributed by atoms with E-state index in [1.807, 2.05) is 0 Å². The predicted molar refractivity (Wildman–Crippen MR) is 69.2 cm³/mol. The topological polar surface area (TPSA) is 0 Å². The molecule has 0 spiro atoms. The molecule has 0 radical (unpaired) electrons. The second-order valence-electron chi connectivity index (χ2n) is 4.63. The van der Waals surface area contributed by atoms with Crippen LogP contribution in [0.3, 0.4) is 0 Å². The van der Waals surface area contributed by atoms with Gasteiger partial charge in [0, 0.05) is 0 Å². The monoisotopic (exact) mass is 415 g/mol. The molecule has 0 heterocycles. The van der Waals surface area contributed by atoms with E-state index in [4.69, 9.17) is 22.9 Å². The molecule has 2 rings (SSSR count). The smallest absolute Gasteiger partial charge is 0.228 e. The zero-order valence-corrected chi connectivity index (χ0v) is 12.6. The lowest BCUT2D eigenvalue weighted by Crippen LogP contribution is -2.56. The van der Waals surface area contributed by atoms with E-state index in [9.17, 15) is 43.9 Å². The fraction of sp³-hybridized carbons (Fsp3) is 0. The zero-order valence-electron chi connectivity index (χ0n) is 11.1. The van der Waals surface area contributed by atoms with Gasteiger partial charge >= 0.3 is 0 Å². The molecule has 2 aromatic rings. The molecule has 0 amide bonds. The summed E-state index contributed by atoms with van der Waals surface area (Å²) in [6.07, 6.45) is 0. The van der Waals surface area contributed by atoms with Crippen molar-refractivity contribution in [3.63, 3.8) is 0 Å². The molecule has 0 atom stereocenters. The van der Waals surface area contributed by atoms with Crippen LogP contribution in [0.1, 0.15) is 0 Å². The van der Waals surface area contributed by atoms with Crippen LogP contribution in [0.25, 0.3) is 0 Å². The fourth-order valence-corrected chi connectivity index (χ4v) is 2.79. The van der Waals surface area contributed by atoms with E-state index < -0.39 is 74.1 Å². The first-order valence-electron chi connectivity index (χ1n) is 5.90. The van der Waals surface area contributed by atoms with E-state index in [-0.39, 0.29) is 0 Å². The Labute approximate surface area is 141 Å². The van der Waals surface area contributed by atoms with Gasteiger partial charge in [0.15, 0.2) is 34.9 Å². The minimum absolute atomic E-state index is 2.15. The summed E-state index contributed by atoms with van der Waals surface area (Å²) in [5.41, 5.74) is -4.30. The van der Waals surface area contributed by atoms with Crippen LogP contribution in [-0.2, 0) is 0 Å². The lowest BCUT2D eigenvalue weighted by atomic mass is 9.59. The Morgan fingerprint density at radius 2 is 0.520 bits per heavy atom. The minimum atomic E-state index is -4.66. The van der Waals surface area contributed by atoms with E-state index in [1.165, 1.54) is 0 Å². The van der Waals surface area contributed by atoms with Crippen LogP contribution in [0.2, 0.25) is 0 Å². The van der Waals surface area contributed by atoms with Gasteiger partial charge in [0.2, 0.25) is 4.98 Å². The standard InChI is InChI=1S/C12BCl2F10/c14-13(15,1-3(16)7(20)11(24)8(21)4(1)17)2-5(18)9(22)12(25)10(23)6(2)19/q-1. The van der Waals surface area contributed by atoms with Gasteiger partial charge in [-0.05, 0) is 0 Å². The van der Waals surface area contributed by atoms with Crippen LogP contribution in [0.4, 0.5) is 43.9 Å². The number of hydrogen-bond acceptors (Lipinski definition) is 0. The van der Waals surface area contributed by atoms with E-state index in [1.54, 1.807) is 0 Å². The van der Waals surface area contributed by atoms with Gasteiger partial charge in [-0.15, -0.1) is 0 Å². The highest BCUT2D eigenvalue weighted by molar-refractivity contribution is 7.56. The molecule has 0 aromatic heterocycles. The van der Waals surface area contributed by atoms with Gasteiger partial charge in [0.05, 0.1) is 0 Å². The molecule has 0 bridgehead atoms. The highest BCUT2D eigenvalue weighted by atomic mass is 35.5. The summed E-state index contributed by atoms with van der Waals surface area (Å²) in [6.45, 7) is 0. The van der Waals surface area contributed by atoms with Crippen molar-refractivity contribution in [3.05, 3.63) is 58.2 Å². The Balaban J connectivity index is 2.96. The molecule has 0 saturated heterocycles. The normalized spacial score (nSPS) is 12.0. The molecule has 0 nitrogen and oxygen atoms in total. The minimum Gasteiger partial charge on any atom is -0.356 e. The molecule has 0 saturated carbocycles. The fourth-order valence-electron chi connectivity index (χ4n) is 2.02. The van der Waals surface area contributed by atoms with Crippen LogP contribution in [-0.4, -0.2) is 4.98 Å². The number of rotatable bonds is 2. The van der Waals surface area contributed by atoms with Crippen molar-refractivity contribution in [1.29, 1.82) is 0 Å². The average Bonchev–Trinajstić information content (AvgIpc) is 2.54. The molecule has 2 aromatic carbocycles. The summed E-state index contributed by atoms with van der Waals surface area (Å²) < 4.78 is 134. The SMILES string of the molecule is Fc1c(F)c(F)c([B-](Cl)(Cl)c2c(F)c(F)c(F)c(F)c2F)c(F)c1F. The Kier molecular flexibility index (Phi) is 4.95. The molecular formula is C12BCl2F10-. The molecule has 0 aliphatic rings. The van der Waals surface area contributed by atoms with Crippen molar-refractivity contribution < 1.29 is 43.9 Å². The summed E-state index contributed by atoms with van der Waals surface area (Å²) in [5, 5.41) is 0. The third-order valence-corrected chi connectivity index (χ3v) is 4.09. The van der Waals surface area contributed by atoms with Crippen molar-refractivity contribution in [2.45, 2.75) is 0 Å². The lowest BCUT2D eigenvalue weighted by molar-refractivity contribution is 0.382. The molecular weight excluding hydrogens is 416 g/mol. The summed E-state index contributed by atoms with van der Waals surface area (Å²) >= 11 is 10.7. The van der Waals surface area contributed by atoms with Crippen molar-refractivity contribution in [1.82, 2.24) is 0 Å². The number of benzene rings is 2. The molecule has 0 aliphatic carbocycles. The van der Waals surface area contributed by atoms with Gasteiger partial charge in [-0.25, -0.2) is 43.9 Å². The lowest BCUT2D eigenvalue weighted by Gasteiger charge is -2.31.